The smallest absolute Gasteiger partial charge is 0.250 e. The molecule has 0 aliphatic heterocycles. The summed E-state index contributed by atoms with van der Waals surface area (Å²) < 4.78 is 23.2. The number of hydrogen-bond donors (Lipinski definition) is 1. The Kier molecular flexibility index (Phi) is 8.07. The maximum atomic E-state index is 11.8. The second-order valence-electron chi connectivity index (χ2n) is 9.60. The molecule has 0 heterocycles. The van der Waals surface area contributed by atoms with E-state index in [9.17, 15) is 5.11 Å². The number of aliphatic hydroxyl groups is 1. The minimum absolute atomic E-state index is 0.00792. The first-order chi connectivity index (χ1) is 14.9. The third-order valence-corrected chi connectivity index (χ3v) is 10.7. The van der Waals surface area contributed by atoms with Crippen molar-refractivity contribution in [3.05, 3.63) is 60.2 Å². The van der Waals surface area contributed by atoms with E-state index in [1.807, 2.05) is 36.4 Å². The van der Waals surface area contributed by atoms with Gasteiger partial charge in [0.2, 0.25) is 8.32 Å². The van der Waals surface area contributed by atoms with Gasteiger partial charge in [-0.05, 0) is 42.2 Å². The second-order valence-corrected chi connectivity index (χ2v) is 14.3. The van der Waals surface area contributed by atoms with Crippen LogP contribution in [0.3, 0.4) is 0 Å². The van der Waals surface area contributed by atoms with Gasteiger partial charge in [0.25, 0.3) is 0 Å². The fraction of sp³-hybridized carbons (Fsp3) is 0.462. The van der Waals surface area contributed by atoms with E-state index in [-0.39, 0.29) is 5.04 Å². The summed E-state index contributed by atoms with van der Waals surface area (Å²) in [5, 5.41) is 11.8. The highest BCUT2D eigenvalue weighted by Crippen LogP contribution is 2.44. The first-order valence-electron chi connectivity index (χ1n) is 10.8. The lowest BCUT2D eigenvalue weighted by Gasteiger charge is -2.38. The van der Waals surface area contributed by atoms with E-state index in [0.717, 1.165) is 16.9 Å². The molecule has 32 heavy (non-hydrogen) atoms. The quantitative estimate of drug-likeness (QED) is 0.344. The molecule has 1 atom stereocenters. The SMILES string of the molecule is C=CCC(O)(Cc1c(OC)cc(OC)cc1O[Si](C)(C)C(C)(C)C)c1ccc(OC)cc1. The van der Waals surface area contributed by atoms with E-state index in [2.05, 4.69) is 40.4 Å². The minimum Gasteiger partial charge on any atom is -0.543 e. The van der Waals surface area contributed by atoms with Crippen molar-refractivity contribution in [1.82, 2.24) is 0 Å². The molecule has 0 aliphatic rings. The topological polar surface area (TPSA) is 57.2 Å². The van der Waals surface area contributed by atoms with Crippen LogP contribution in [0.4, 0.5) is 0 Å². The summed E-state index contributed by atoms with van der Waals surface area (Å²) in [4.78, 5) is 0. The van der Waals surface area contributed by atoms with Crippen LogP contribution in [0, 0.1) is 0 Å². The van der Waals surface area contributed by atoms with E-state index in [1.54, 1.807) is 27.4 Å². The Morgan fingerprint density at radius 1 is 0.906 bits per heavy atom. The van der Waals surface area contributed by atoms with E-state index < -0.39 is 13.9 Å². The Hall–Kier alpha value is -2.44. The number of ether oxygens (including phenoxy) is 3. The molecule has 0 bridgehead atoms. The summed E-state index contributed by atoms with van der Waals surface area (Å²) in [6, 6.07) is 11.2. The highest BCUT2D eigenvalue weighted by atomic mass is 28.4. The van der Waals surface area contributed by atoms with Crippen molar-refractivity contribution >= 4 is 8.32 Å². The molecular formula is C26H38O5Si. The van der Waals surface area contributed by atoms with Crippen LogP contribution in [0.25, 0.3) is 0 Å². The van der Waals surface area contributed by atoms with Gasteiger partial charge in [0.1, 0.15) is 23.0 Å². The predicted octanol–water partition coefficient (Wildman–Crippen LogP) is 6.10. The summed E-state index contributed by atoms with van der Waals surface area (Å²) in [5.41, 5.74) is 0.383. The molecule has 0 amide bonds. The zero-order valence-electron chi connectivity index (χ0n) is 20.7. The van der Waals surface area contributed by atoms with Crippen LogP contribution in [0.15, 0.2) is 49.1 Å². The molecule has 6 heteroatoms. The highest BCUT2D eigenvalue weighted by Gasteiger charge is 2.40. The number of methoxy groups -OCH3 is 3. The Bertz CT molecular complexity index is 915. The van der Waals surface area contributed by atoms with Crippen LogP contribution >= 0.6 is 0 Å². The molecule has 0 saturated carbocycles. The fourth-order valence-electron chi connectivity index (χ4n) is 3.31. The maximum absolute atomic E-state index is 11.8. The van der Waals surface area contributed by atoms with E-state index >= 15 is 0 Å². The lowest BCUT2D eigenvalue weighted by molar-refractivity contribution is 0.0389. The van der Waals surface area contributed by atoms with Gasteiger partial charge in [-0.3, -0.25) is 0 Å². The molecule has 5 nitrogen and oxygen atoms in total. The number of benzene rings is 2. The molecule has 2 aromatic carbocycles. The van der Waals surface area contributed by atoms with Crippen molar-refractivity contribution in [3.63, 3.8) is 0 Å². The monoisotopic (exact) mass is 458 g/mol. The van der Waals surface area contributed by atoms with Gasteiger partial charge in [0.15, 0.2) is 0 Å². The summed E-state index contributed by atoms with van der Waals surface area (Å²) in [7, 11) is 2.70. The molecule has 0 aromatic heterocycles. The molecule has 176 valence electrons. The van der Waals surface area contributed by atoms with Crippen LogP contribution < -0.4 is 18.6 Å². The summed E-state index contributed by atoms with van der Waals surface area (Å²) in [6.45, 7) is 14.9. The maximum Gasteiger partial charge on any atom is 0.250 e. The first-order valence-corrected chi connectivity index (χ1v) is 13.7. The van der Waals surface area contributed by atoms with E-state index in [4.69, 9.17) is 18.6 Å². The molecule has 0 fully saturated rings. The van der Waals surface area contributed by atoms with Gasteiger partial charge >= 0.3 is 0 Å². The molecule has 1 unspecified atom stereocenters. The van der Waals surface area contributed by atoms with E-state index in [1.165, 1.54) is 0 Å². The largest absolute Gasteiger partial charge is 0.543 e. The number of rotatable bonds is 10. The Morgan fingerprint density at radius 2 is 1.47 bits per heavy atom. The fourth-order valence-corrected chi connectivity index (χ4v) is 4.35. The van der Waals surface area contributed by atoms with Gasteiger partial charge in [0, 0.05) is 24.1 Å². The van der Waals surface area contributed by atoms with Crippen LogP contribution in [0.2, 0.25) is 18.1 Å². The van der Waals surface area contributed by atoms with Crippen molar-refractivity contribution in [2.24, 2.45) is 0 Å². The van der Waals surface area contributed by atoms with Crippen LogP contribution in [0.5, 0.6) is 23.0 Å². The number of hydrogen-bond acceptors (Lipinski definition) is 5. The lowest BCUT2D eigenvalue weighted by atomic mass is 9.84. The zero-order chi connectivity index (χ0) is 24.2. The van der Waals surface area contributed by atoms with Crippen molar-refractivity contribution in [2.45, 2.75) is 57.3 Å². The van der Waals surface area contributed by atoms with Gasteiger partial charge in [-0.15, -0.1) is 6.58 Å². The Morgan fingerprint density at radius 3 is 1.94 bits per heavy atom. The third-order valence-electron chi connectivity index (χ3n) is 6.35. The van der Waals surface area contributed by atoms with Crippen LogP contribution in [-0.2, 0) is 12.0 Å². The minimum atomic E-state index is -2.16. The van der Waals surface area contributed by atoms with Crippen molar-refractivity contribution in [2.75, 3.05) is 21.3 Å². The Balaban J connectivity index is 2.62. The molecular weight excluding hydrogens is 420 g/mol. The normalized spacial score (nSPS) is 13.8. The molecule has 2 aromatic rings. The average molecular weight is 459 g/mol. The zero-order valence-corrected chi connectivity index (χ0v) is 21.7. The van der Waals surface area contributed by atoms with Crippen molar-refractivity contribution < 1.29 is 23.7 Å². The second kappa shape index (κ2) is 10.0. The van der Waals surface area contributed by atoms with Gasteiger partial charge in [0.05, 0.1) is 26.9 Å². The molecule has 0 saturated heterocycles. The molecule has 0 spiro atoms. The average Bonchev–Trinajstić information content (AvgIpc) is 2.74. The molecule has 1 N–H and O–H groups in total. The summed E-state index contributed by atoms with van der Waals surface area (Å²) in [6.07, 6.45) is 2.39. The first kappa shape index (κ1) is 25.8. The molecule has 2 rings (SSSR count). The molecule has 0 radical (unpaired) electrons. The standard InChI is InChI=1S/C26H38O5Si/c1-10-15-26(27,19-11-13-20(28-5)14-12-19)18-22-23(30-7)16-21(29-6)17-24(22)31-32(8,9)25(2,3)4/h10-14,16-17,27H,1,15,18H2,2-9H3. The predicted molar refractivity (Wildman–Crippen MR) is 133 cm³/mol. The lowest BCUT2D eigenvalue weighted by Crippen LogP contribution is -2.44. The van der Waals surface area contributed by atoms with Gasteiger partial charge in [-0.2, -0.15) is 0 Å². The van der Waals surface area contributed by atoms with Gasteiger partial charge < -0.3 is 23.7 Å². The Labute approximate surface area is 194 Å². The third kappa shape index (κ3) is 5.67. The van der Waals surface area contributed by atoms with Crippen LogP contribution in [-0.4, -0.2) is 34.8 Å². The summed E-state index contributed by atoms with van der Waals surface area (Å²) in [5.74, 6) is 2.69. The van der Waals surface area contributed by atoms with Crippen LogP contribution in [0.1, 0.15) is 38.3 Å². The van der Waals surface area contributed by atoms with E-state index in [0.29, 0.717) is 30.1 Å². The summed E-state index contributed by atoms with van der Waals surface area (Å²) >= 11 is 0. The van der Waals surface area contributed by atoms with Gasteiger partial charge in [-0.25, -0.2) is 0 Å². The van der Waals surface area contributed by atoms with Crippen molar-refractivity contribution in [1.29, 1.82) is 0 Å². The molecule has 0 aliphatic carbocycles. The highest BCUT2D eigenvalue weighted by molar-refractivity contribution is 6.74. The van der Waals surface area contributed by atoms with Gasteiger partial charge in [-0.1, -0.05) is 39.0 Å². The van der Waals surface area contributed by atoms with Crippen molar-refractivity contribution in [3.8, 4) is 23.0 Å².